The summed E-state index contributed by atoms with van der Waals surface area (Å²) in [5, 5.41) is 9.68. The largest absolute Gasteiger partial charge is 0.394 e. The van der Waals surface area contributed by atoms with E-state index in [9.17, 15) is 5.11 Å². The maximum absolute atomic E-state index is 9.68. The molecule has 0 spiro atoms. The summed E-state index contributed by atoms with van der Waals surface area (Å²) in [5.41, 5.74) is 1.14. The van der Waals surface area contributed by atoms with Gasteiger partial charge in [-0.15, -0.1) is 0 Å². The van der Waals surface area contributed by atoms with Crippen LogP contribution in [-0.4, -0.2) is 23.9 Å². The summed E-state index contributed by atoms with van der Waals surface area (Å²) in [6, 6.07) is 0. The topological polar surface area (TPSA) is 29.5 Å². The smallest absolute Gasteiger partial charge is 0.0813 e. The second-order valence-corrected chi connectivity index (χ2v) is 14.1. The highest BCUT2D eigenvalue weighted by Gasteiger charge is 2.62. The van der Waals surface area contributed by atoms with E-state index in [4.69, 9.17) is 4.74 Å². The molecule has 1 aliphatic heterocycles. The number of hydrogen-bond donors (Lipinski definition) is 1. The Bertz CT molecular complexity index is 659. The highest BCUT2D eigenvalue weighted by molar-refractivity contribution is 5.11. The monoisotopic (exact) mass is 444 g/mol. The second kappa shape index (κ2) is 8.85. The van der Waals surface area contributed by atoms with Crippen LogP contribution < -0.4 is 0 Å². The normalized spacial score (nSPS) is 51.1. The Labute approximate surface area is 198 Å². The molecule has 0 aromatic heterocycles. The summed E-state index contributed by atoms with van der Waals surface area (Å²) in [5.74, 6) is 7.22. The first kappa shape index (κ1) is 23.7. The van der Waals surface area contributed by atoms with Crippen LogP contribution in [0.1, 0.15) is 112 Å². The molecular formula is C30H52O2. The Morgan fingerprint density at radius 2 is 1.69 bits per heavy atom. The molecule has 1 saturated heterocycles. The van der Waals surface area contributed by atoms with Gasteiger partial charge in [-0.1, -0.05) is 53.9 Å². The van der Waals surface area contributed by atoms with E-state index in [1.807, 2.05) is 0 Å². The molecule has 1 heterocycles. The van der Waals surface area contributed by atoms with Crippen LogP contribution in [0.3, 0.4) is 0 Å². The third-order valence-electron chi connectivity index (χ3n) is 12.1. The molecule has 0 bridgehead atoms. The molecule has 0 radical (unpaired) electrons. The number of aliphatic hydroxyl groups is 1. The number of fused-ring (bicyclic) bond motifs is 6. The minimum Gasteiger partial charge on any atom is -0.394 e. The first-order chi connectivity index (χ1) is 15.3. The first-order valence-electron chi connectivity index (χ1n) is 14.5. The quantitative estimate of drug-likeness (QED) is 0.460. The number of rotatable bonds is 6. The van der Waals surface area contributed by atoms with Crippen molar-refractivity contribution in [1.82, 2.24) is 0 Å². The van der Waals surface area contributed by atoms with E-state index in [-0.39, 0.29) is 12.7 Å². The van der Waals surface area contributed by atoms with E-state index in [2.05, 4.69) is 34.6 Å². The average Bonchev–Trinajstić information content (AvgIpc) is 3.30. The standard InChI is InChI=1S/C30H52O2/c1-19(2)7-6-8-20(3)25-11-12-26-24-10-9-22-16-28-21(15-23(18-31)32-28)17-30(22,5)27(24)13-14-29(25,26)4/h19-28,31H,6-18H2,1-5H3/t20-,21-,22+,23-,24+,25-,26+,27+,28-,29-,30+/m1/s1. The summed E-state index contributed by atoms with van der Waals surface area (Å²) >= 11 is 0. The van der Waals surface area contributed by atoms with Crippen molar-refractivity contribution in [1.29, 1.82) is 0 Å². The molecule has 5 fully saturated rings. The molecule has 5 rings (SSSR count). The Morgan fingerprint density at radius 1 is 0.906 bits per heavy atom. The molecule has 184 valence electrons. The Hall–Kier alpha value is -0.0800. The van der Waals surface area contributed by atoms with E-state index < -0.39 is 0 Å². The van der Waals surface area contributed by atoms with Crippen molar-refractivity contribution < 1.29 is 9.84 Å². The van der Waals surface area contributed by atoms with Crippen molar-refractivity contribution in [2.45, 2.75) is 124 Å². The van der Waals surface area contributed by atoms with E-state index >= 15 is 0 Å². The molecule has 0 aromatic carbocycles. The lowest BCUT2D eigenvalue weighted by atomic mass is 9.43. The van der Waals surface area contributed by atoms with E-state index in [0.29, 0.717) is 22.9 Å². The van der Waals surface area contributed by atoms with Crippen molar-refractivity contribution in [3.8, 4) is 0 Å². The van der Waals surface area contributed by atoms with Gasteiger partial charge in [-0.25, -0.2) is 0 Å². The second-order valence-electron chi connectivity index (χ2n) is 14.1. The zero-order valence-corrected chi connectivity index (χ0v) is 21.8. The fourth-order valence-corrected chi connectivity index (χ4v) is 10.6. The van der Waals surface area contributed by atoms with Gasteiger partial charge in [0.2, 0.25) is 0 Å². The molecule has 0 unspecified atom stereocenters. The zero-order valence-electron chi connectivity index (χ0n) is 21.8. The van der Waals surface area contributed by atoms with E-state index in [1.54, 1.807) is 0 Å². The van der Waals surface area contributed by atoms with Crippen LogP contribution >= 0.6 is 0 Å². The summed E-state index contributed by atoms with van der Waals surface area (Å²) < 4.78 is 6.27. The predicted octanol–water partition coefficient (Wildman–Crippen LogP) is 7.48. The van der Waals surface area contributed by atoms with Crippen LogP contribution in [0.15, 0.2) is 0 Å². The summed E-state index contributed by atoms with van der Waals surface area (Å²) in [7, 11) is 0. The van der Waals surface area contributed by atoms with Crippen LogP contribution in [0.5, 0.6) is 0 Å². The van der Waals surface area contributed by atoms with Gasteiger partial charge in [-0.3, -0.25) is 0 Å². The molecule has 0 aromatic rings. The fraction of sp³-hybridized carbons (Fsp3) is 1.00. The molecule has 2 nitrogen and oxygen atoms in total. The number of ether oxygens (including phenoxy) is 1. The highest BCUT2D eigenvalue weighted by Crippen LogP contribution is 2.69. The van der Waals surface area contributed by atoms with Gasteiger partial charge >= 0.3 is 0 Å². The maximum atomic E-state index is 9.68. The van der Waals surface area contributed by atoms with Crippen LogP contribution in [0.2, 0.25) is 0 Å². The van der Waals surface area contributed by atoms with Crippen molar-refractivity contribution in [3.63, 3.8) is 0 Å². The third kappa shape index (κ3) is 3.82. The van der Waals surface area contributed by atoms with Crippen LogP contribution in [-0.2, 0) is 4.74 Å². The lowest BCUT2D eigenvalue weighted by Crippen LogP contribution is -2.55. The van der Waals surface area contributed by atoms with Crippen LogP contribution in [0, 0.1) is 58.2 Å². The lowest BCUT2D eigenvalue weighted by Gasteiger charge is -2.62. The first-order valence-corrected chi connectivity index (χ1v) is 14.5. The van der Waals surface area contributed by atoms with Gasteiger partial charge in [0.05, 0.1) is 18.8 Å². The van der Waals surface area contributed by atoms with E-state index in [1.165, 1.54) is 70.6 Å². The lowest BCUT2D eigenvalue weighted by molar-refractivity contribution is -0.141. The van der Waals surface area contributed by atoms with Crippen molar-refractivity contribution in [2.75, 3.05) is 6.61 Å². The van der Waals surface area contributed by atoms with Crippen LogP contribution in [0.4, 0.5) is 0 Å². The highest BCUT2D eigenvalue weighted by atomic mass is 16.5. The molecule has 1 N–H and O–H groups in total. The molecule has 4 saturated carbocycles. The molecule has 2 heteroatoms. The molecule has 11 atom stereocenters. The van der Waals surface area contributed by atoms with Crippen molar-refractivity contribution in [3.05, 3.63) is 0 Å². The van der Waals surface area contributed by atoms with Gasteiger partial charge in [-0.2, -0.15) is 0 Å². The van der Waals surface area contributed by atoms with Gasteiger partial charge < -0.3 is 9.84 Å². The maximum Gasteiger partial charge on any atom is 0.0813 e. The molecule has 32 heavy (non-hydrogen) atoms. The summed E-state index contributed by atoms with van der Waals surface area (Å²) in [6.07, 6.45) is 17.5. The number of aliphatic hydroxyl groups excluding tert-OH is 1. The van der Waals surface area contributed by atoms with Crippen LogP contribution in [0.25, 0.3) is 0 Å². The molecule has 5 aliphatic rings. The van der Waals surface area contributed by atoms with Gasteiger partial charge in [0.1, 0.15) is 0 Å². The minimum atomic E-state index is 0.118. The molecule has 0 amide bonds. The fourth-order valence-electron chi connectivity index (χ4n) is 10.6. The van der Waals surface area contributed by atoms with Gasteiger partial charge in [0.15, 0.2) is 0 Å². The van der Waals surface area contributed by atoms with Gasteiger partial charge in [-0.05, 0) is 116 Å². The van der Waals surface area contributed by atoms with E-state index in [0.717, 1.165) is 47.8 Å². The summed E-state index contributed by atoms with van der Waals surface area (Å²) in [6.45, 7) is 13.0. The van der Waals surface area contributed by atoms with Gasteiger partial charge in [0, 0.05) is 0 Å². The zero-order chi connectivity index (χ0) is 22.7. The van der Waals surface area contributed by atoms with Crippen molar-refractivity contribution >= 4 is 0 Å². The minimum absolute atomic E-state index is 0.118. The SMILES string of the molecule is CC(C)CCC[C@@H](C)[C@H]1CC[C@H]2[C@@H]3CC[C@H]4C[C@H]5O[C@@H](CO)C[C@@H]5C[C@]4(C)[C@H]3CC[C@]12C. The van der Waals surface area contributed by atoms with Crippen molar-refractivity contribution in [2.24, 2.45) is 58.2 Å². The Balaban J connectivity index is 1.29. The molecular weight excluding hydrogens is 392 g/mol. The predicted molar refractivity (Wildman–Crippen MR) is 132 cm³/mol. The Kier molecular flexibility index (Phi) is 6.54. The average molecular weight is 445 g/mol. The number of hydrogen-bond acceptors (Lipinski definition) is 2. The Morgan fingerprint density at radius 3 is 2.44 bits per heavy atom. The van der Waals surface area contributed by atoms with Gasteiger partial charge in [0.25, 0.3) is 0 Å². The molecule has 4 aliphatic carbocycles. The third-order valence-corrected chi connectivity index (χ3v) is 12.1. The summed E-state index contributed by atoms with van der Waals surface area (Å²) in [4.78, 5) is 0.